The molecule has 0 fully saturated rings. The number of nitrogens with zero attached hydrogens (tertiary/aromatic N) is 2. The van der Waals surface area contributed by atoms with Crippen molar-refractivity contribution in [1.29, 1.82) is 0 Å². The first kappa shape index (κ1) is 12.2. The van der Waals surface area contributed by atoms with E-state index in [9.17, 15) is 14.9 Å². The molecule has 1 heterocycles. The minimum absolute atomic E-state index is 0.120. The Morgan fingerprint density at radius 2 is 2.31 bits per heavy atom. The summed E-state index contributed by atoms with van der Waals surface area (Å²) in [5.41, 5.74) is 5.60. The van der Waals surface area contributed by atoms with Gasteiger partial charge in [0.15, 0.2) is 5.69 Å². The minimum atomic E-state index is -0.539. The maximum absolute atomic E-state index is 11.7. The maximum atomic E-state index is 11.7. The minimum Gasteiger partial charge on any atom is -0.358 e. The summed E-state index contributed by atoms with van der Waals surface area (Å²) in [5.74, 6) is -0.487. The molecular formula is C9H14N4O3. The molecule has 0 aromatic carbocycles. The number of amides is 1. The second-order valence-corrected chi connectivity index (χ2v) is 3.50. The normalized spacial score (nSPS) is 12.2. The highest BCUT2D eigenvalue weighted by Gasteiger charge is 2.21. The molecule has 88 valence electrons. The van der Waals surface area contributed by atoms with E-state index in [1.807, 2.05) is 0 Å². The van der Waals surface area contributed by atoms with Gasteiger partial charge < -0.3 is 21.2 Å². The maximum Gasteiger partial charge on any atom is 0.323 e. The van der Waals surface area contributed by atoms with Crippen molar-refractivity contribution >= 4 is 11.7 Å². The smallest absolute Gasteiger partial charge is 0.323 e. The van der Waals surface area contributed by atoms with E-state index in [1.165, 1.54) is 23.7 Å². The van der Waals surface area contributed by atoms with Crippen LogP contribution in [0.4, 0.5) is 5.82 Å². The molecular weight excluding hydrogens is 212 g/mol. The summed E-state index contributed by atoms with van der Waals surface area (Å²) in [7, 11) is 1.47. The van der Waals surface area contributed by atoms with E-state index in [0.717, 1.165) is 0 Å². The number of nitro groups is 1. The topological polar surface area (TPSA) is 103 Å². The summed E-state index contributed by atoms with van der Waals surface area (Å²) < 4.78 is 1.23. The number of hydrogen-bond donors (Lipinski definition) is 2. The standard InChI is InChI=1S/C9H14N4O3/c1-6(5-10)11-9(14)7-3-4-8(12(7)2)13(15)16/h3-4,6H,5,10H2,1-2H3,(H,11,14). The lowest BCUT2D eigenvalue weighted by atomic mass is 10.3. The highest BCUT2D eigenvalue weighted by atomic mass is 16.6. The van der Waals surface area contributed by atoms with Crippen molar-refractivity contribution in [2.75, 3.05) is 6.54 Å². The van der Waals surface area contributed by atoms with Crippen molar-refractivity contribution in [2.45, 2.75) is 13.0 Å². The molecule has 1 rings (SSSR count). The van der Waals surface area contributed by atoms with Crippen molar-refractivity contribution < 1.29 is 9.72 Å². The van der Waals surface area contributed by atoms with Crippen LogP contribution in [0.1, 0.15) is 17.4 Å². The SMILES string of the molecule is CC(CN)NC(=O)c1ccc([N+](=O)[O-])n1C. The van der Waals surface area contributed by atoms with Crippen LogP contribution in [-0.2, 0) is 7.05 Å². The third kappa shape index (κ3) is 2.37. The van der Waals surface area contributed by atoms with Crippen molar-refractivity contribution in [3.63, 3.8) is 0 Å². The molecule has 7 nitrogen and oxygen atoms in total. The lowest BCUT2D eigenvalue weighted by Gasteiger charge is -2.09. The molecule has 0 bridgehead atoms. The van der Waals surface area contributed by atoms with E-state index in [4.69, 9.17) is 5.73 Å². The third-order valence-electron chi connectivity index (χ3n) is 2.25. The highest BCUT2D eigenvalue weighted by molar-refractivity contribution is 5.93. The molecule has 0 radical (unpaired) electrons. The molecule has 0 spiro atoms. The van der Waals surface area contributed by atoms with Crippen LogP contribution in [0.2, 0.25) is 0 Å². The van der Waals surface area contributed by atoms with Gasteiger partial charge in [-0.25, -0.2) is 4.57 Å². The lowest BCUT2D eigenvalue weighted by molar-refractivity contribution is -0.391. The van der Waals surface area contributed by atoms with Crippen LogP contribution in [0.15, 0.2) is 12.1 Å². The van der Waals surface area contributed by atoms with E-state index in [1.54, 1.807) is 6.92 Å². The van der Waals surface area contributed by atoms with E-state index < -0.39 is 4.92 Å². The number of carbonyl (C=O) groups is 1. The zero-order chi connectivity index (χ0) is 12.3. The number of nitrogens with one attached hydrogen (secondary N) is 1. The fourth-order valence-corrected chi connectivity index (χ4v) is 1.27. The van der Waals surface area contributed by atoms with E-state index in [2.05, 4.69) is 5.32 Å². The molecule has 1 unspecified atom stereocenters. The Morgan fingerprint density at radius 3 is 2.75 bits per heavy atom. The van der Waals surface area contributed by atoms with Crippen LogP contribution in [0.25, 0.3) is 0 Å². The van der Waals surface area contributed by atoms with Crippen LogP contribution >= 0.6 is 0 Å². The number of aromatic nitrogens is 1. The summed E-state index contributed by atoms with van der Waals surface area (Å²) in [5, 5.41) is 13.2. The number of carbonyl (C=O) groups excluding carboxylic acids is 1. The highest BCUT2D eigenvalue weighted by Crippen LogP contribution is 2.14. The first-order valence-electron chi connectivity index (χ1n) is 4.78. The summed E-state index contributed by atoms with van der Waals surface area (Å²) in [6, 6.07) is 2.54. The lowest BCUT2D eigenvalue weighted by Crippen LogP contribution is -2.38. The molecule has 0 aliphatic rings. The Labute approximate surface area is 92.4 Å². The Hall–Kier alpha value is -1.89. The van der Waals surface area contributed by atoms with Gasteiger partial charge in [-0.2, -0.15) is 0 Å². The van der Waals surface area contributed by atoms with Gasteiger partial charge in [-0.1, -0.05) is 0 Å². The van der Waals surface area contributed by atoms with E-state index >= 15 is 0 Å². The van der Waals surface area contributed by atoms with Gasteiger partial charge in [-0.05, 0) is 17.9 Å². The van der Waals surface area contributed by atoms with Crippen molar-refractivity contribution in [2.24, 2.45) is 12.8 Å². The predicted octanol–water partition coefficient (Wildman–Crippen LogP) is 0.0103. The average Bonchev–Trinajstić information content (AvgIpc) is 2.59. The summed E-state index contributed by atoms with van der Waals surface area (Å²) >= 11 is 0. The third-order valence-corrected chi connectivity index (χ3v) is 2.25. The zero-order valence-corrected chi connectivity index (χ0v) is 9.14. The molecule has 0 saturated heterocycles. The van der Waals surface area contributed by atoms with Gasteiger partial charge in [0, 0.05) is 18.7 Å². The average molecular weight is 226 g/mol. The quantitative estimate of drug-likeness (QED) is 0.557. The summed E-state index contributed by atoms with van der Waals surface area (Å²) in [4.78, 5) is 21.7. The first-order chi connectivity index (χ1) is 7.47. The predicted molar refractivity (Wildman–Crippen MR) is 58.1 cm³/mol. The number of hydrogen-bond acceptors (Lipinski definition) is 4. The largest absolute Gasteiger partial charge is 0.358 e. The fourth-order valence-electron chi connectivity index (χ4n) is 1.27. The van der Waals surface area contributed by atoms with E-state index in [-0.39, 0.29) is 23.5 Å². The summed E-state index contributed by atoms with van der Waals surface area (Å²) in [6.07, 6.45) is 0. The van der Waals surface area contributed by atoms with Gasteiger partial charge in [0.25, 0.3) is 5.91 Å². The molecule has 1 amide bonds. The van der Waals surface area contributed by atoms with Crippen LogP contribution in [-0.4, -0.2) is 28.0 Å². The van der Waals surface area contributed by atoms with Crippen molar-refractivity contribution in [1.82, 2.24) is 9.88 Å². The van der Waals surface area contributed by atoms with Crippen LogP contribution < -0.4 is 11.1 Å². The Bertz CT molecular complexity index is 413. The first-order valence-corrected chi connectivity index (χ1v) is 4.78. The molecule has 1 atom stereocenters. The fraction of sp³-hybridized carbons (Fsp3) is 0.444. The van der Waals surface area contributed by atoms with Crippen LogP contribution in [0.3, 0.4) is 0 Å². The van der Waals surface area contributed by atoms with Gasteiger partial charge in [-0.15, -0.1) is 0 Å². The van der Waals surface area contributed by atoms with Crippen LogP contribution in [0.5, 0.6) is 0 Å². The number of nitrogens with two attached hydrogens (primary N) is 1. The molecule has 3 N–H and O–H groups in total. The summed E-state index contributed by atoms with van der Waals surface area (Å²) in [6.45, 7) is 2.08. The molecule has 1 aromatic heterocycles. The molecule has 0 aliphatic heterocycles. The Kier molecular flexibility index (Phi) is 3.62. The number of rotatable bonds is 4. The van der Waals surface area contributed by atoms with Gasteiger partial charge in [0.1, 0.15) is 0 Å². The van der Waals surface area contributed by atoms with E-state index in [0.29, 0.717) is 6.54 Å². The Balaban J connectivity index is 2.89. The van der Waals surface area contributed by atoms with Crippen LogP contribution in [0, 0.1) is 10.1 Å². The monoisotopic (exact) mass is 226 g/mol. The van der Waals surface area contributed by atoms with Gasteiger partial charge in [-0.3, -0.25) is 4.79 Å². The molecule has 1 aromatic rings. The molecule has 7 heteroatoms. The molecule has 16 heavy (non-hydrogen) atoms. The van der Waals surface area contributed by atoms with Gasteiger partial charge in [0.05, 0.1) is 7.05 Å². The second kappa shape index (κ2) is 4.75. The van der Waals surface area contributed by atoms with Crippen molar-refractivity contribution in [3.8, 4) is 0 Å². The Morgan fingerprint density at radius 1 is 1.69 bits per heavy atom. The molecule has 0 aliphatic carbocycles. The van der Waals surface area contributed by atoms with Crippen molar-refractivity contribution in [3.05, 3.63) is 27.9 Å². The molecule has 0 saturated carbocycles. The zero-order valence-electron chi connectivity index (χ0n) is 9.14. The van der Waals surface area contributed by atoms with Gasteiger partial charge in [0.2, 0.25) is 0 Å². The second-order valence-electron chi connectivity index (χ2n) is 3.50. The van der Waals surface area contributed by atoms with Gasteiger partial charge >= 0.3 is 5.82 Å².